The van der Waals surface area contributed by atoms with Gasteiger partial charge in [0, 0.05) is 12.6 Å². The third-order valence-corrected chi connectivity index (χ3v) is 3.10. The lowest BCUT2D eigenvalue weighted by Gasteiger charge is -2.21. The molecule has 1 aromatic carbocycles. The first-order chi connectivity index (χ1) is 8.01. The molecule has 0 saturated carbocycles. The molecule has 1 aromatic rings. The zero-order valence-electron chi connectivity index (χ0n) is 9.93. The Hall–Kier alpha value is -1.20. The number of benzene rings is 1. The summed E-state index contributed by atoms with van der Waals surface area (Å²) in [5.74, 6) is -1.66. The predicted octanol–water partition coefficient (Wildman–Crippen LogP) is 2.32. The third-order valence-electron chi connectivity index (χ3n) is 3.10. The maximum Gasteiger partial charge on any atom is 0.231 e. The first kappa shape index (κ1) is 14.9. The highest BCUT2D eigenvalue weighted by molar-refractivity contribution is 5.95. The largest absolute Gasteiger partial charge is 0.323 e. The summed E-state index contributed by atoms with van der Waals surface area (Å²) < 4.78 is 26.1. The van der Waals surface area contributed by atoms with E-state index in [1.807, 2.05) is 6.92 Å². The quantitative estimate of drug-likeness (QED) is 0.870. The van der Waals surface area contributed by atoms with Crippen LogP contribution in [0.2, 0.25) is 0 Å². The predicted molar refractivity (Wildman–Crippen MR) is 67.8 cm³/mol. The Morgan fingerprint density at radius 3 is 2.72 bits per heavy atom. The molecule has 1 atom stereocenters. The summed E-state index contributed by atoms with van der Waals surface area (Å²) in [5.41, 5.74) is -0.509. The fourth-order valence-corrected chi connectivity index (χ4v) is 1.87. The average molecular weight is 277 g/mol. The van der Waals surface area contributed by atoms with Gasteiger partial charge >= 0.3 is 0 Å². The van der Waals surface area contributed by atoms with E-state index in [4.69, 9.17) is 0 Å². The first-order valence-electron chi connectivity index (χ1n) is 5.48. The number of hydrogen-bond acceptors (Lipinski definition) is 2. The number of amides is 1. The monoisotopic (exact) mass is 276 g/mol. The Balaban J connectivity index is 0.00000162. The number of rotatable bonds is 2. The van der Waals surface area contributed by atoms with Crippen LogP contribution in [0.1, 0.15) is 13.3 Å². The summed E-state index contributed by atoms with van der Waals surface area (Å²) in [4.78, 5) is 12.0. The van der Waals surface area contributed by atoms with Crippen LogP contribution in [0.4, 0.5) is 14.5 Å². The molecule has 1 aliphatic heterocycles. The number of nitrogens with one attached hydrogen (secondary N) is 2. The van der Waals surface area contributed by atoms with Crippen molar-refractivity contribution < 1.29 is 13.6 Å². The van der Waals surface area contributed by atoms with E-state index < -0.39 is 17.0 Å². The van der Waals surface area contributed by atoms with Gasteiger partial charge in [-0.15, -0.1) is 12.4 Å². The van der Waals surface area contributed by atoms with Crippen molar-refractivity contribution in [3.63, 3.8) is 0 Å². The van der Waals surface area contributed by atoms with E-state index in [2.05, 4.69) is 10.6 Å². The van der Waals surface area contributed by atoms with E-state index in [1.54, 1.807) is 0 Å². The van der Waals surface area contributed by atoms with Crippen LogP contribution in [-0.4, -0.2) is 19.0 Å². The van der Waals surface area contributed by atoms with Gasteiger partial charge < -0.3 is 10.6 Å². The van der Waals surface area contributed by atoms with Gasteiger partial charge in [-0.25, -0.2) is 8.78 Å². The van der Waals surface area contributed by atoms with Crippen molar-refractivity contribution in [1.29, 1.82) is 0 Å². The van der Waals surface area contributed by atoms with Gasteiger partial charge in [0.1, 0.15) is 11.6 Å². The van der Waals surface area contributed by atoms with Crippen LogP contribution in [0.5, 0.6) is 0 Å². The SMILES string of the molecule is CC1(C(=O)Nc2ccc(F)cc2F)CCNC1.Cl. The second kappa shape index (κ2) is 5.63. The van der Waals surface area contributed by atoms with E-state index in [9.17, 15) is 13.6 Å². The summed E-state index contributed by atoms with van der Waals surface area (Å²) in [6.45, 7) is 3.17. The van der Waals surface area contributed by atoms with Crippen molar-refractivity contribution in [2.75, 3.05) is 18.4 Å². The number of hydrogen-bond donors (Lipinski definition) is 2. The first-order valence-corrected chi connectivity index (χ1v) is 5.48. The molecule has 0 radical (unpaired) electrons. The molecule has 2 rings (SSSR count). The van der Waals surface area contributed by atoms with Crippen LogP contribution >= 0.6 is 12.4 Å². The number of carbonyl (C=O) groups is 1. The van der Waals surface area contributed by atoms with Gasteiger partial charge in [-0.1, -0.05) is 0 Å². The highest BCUT2D eigenvalue weighted by Gasteiger charge is 2.36. The number of halogens is 3. The zero-order chi connectivity index (χ0) is 12.5. The van der Waals surface area contributed by atoms with Crippen molar-refractivity contribution in [1.82, 2.24) is 5.32 Å². The van der Waals surface area contributed by atoms with Gasteiger partial charge in [0.15, 0.2) is 0 Å². The van der Waals surface area contributed by atoms with Crippen LogP contribution in [0.3, 0.4) is 0 Å². The zero-order valence-corrected chi connectivity index (χ0v) is 10.7. The topological polar surface area (TPSA) is 41.1 Å². The molecule has 1 heterocycles. The Labute approximate surface area is 110 Å². The highest BCUT2D eigenvalue weighted by atomic mass is 35.5. The van der Waals surface area contributed by atoms with Crippen molar-refractivity contribution in [2.24, 2.45) is 5.41 Å². The molecule has 1 amide bonds. The molecular formula is C12H15ClF2N2O. The van der Waals surface area contributed by atoms with E-state index >= 15 is 0 Å². The Bertz CT molecular complexity index is 448. The van der Waals surface area contributed by atoms with Crippen molar-refractivity contribution in [2.45, 2.75) is 13.3 Å². The van der Waals surface area contributed by atoms with Crippen LogP contribution in [0, 0.1) is 17.0 Å². The fourth-order valence-electron chi connectivity index (χ4n) is 1.87. The van der Waals surface area contributed by atoms with E-state index in [0.29, 0.717) is 13.0 Å². The van der Waals surface area contributed by atoms with Crippen LogP contribution < -0.4 is 10.6 Å². The van der Waals surface area contributed by atoms with E-state index in [1.165, 1.54) is 6.07 Å². The maximum absolute atomic E-state index is 13.4. The Morgan fingerprint density at radius 1 is 1.44 bits per heavy atom. The number of carbonyl (C=O) groups excluding carboxylic acids is 1. The summed E-state index contributed by atoms with van der Waals surface area (Å²) in [7, 11) is 0. The van der Waals surface area contributed by atoms with E-state index in [0.717, 1.165) is 18.7 Å². The van der Waals surface area contributed by atoms with Crippen LogP contribution in [0.25, 0.3) is 0 Å². The van der Waals surface area contributed by atoms with Gasteiger partial charge in [-0.3, -0.25) is 4.79 Å². The molecule has 0 aliphatic carbocycles. The maximum atomic E-state index is 13.4. The minimum Gasteiger partial charge on any atom is -0.323 e. The number of anilines is 1. The van der Waals surface area contributed by atoms with E-state index in [-0.39, 0.29) is 24.0 Å². The second-order valence-electron chi connectivity index (χ2n) is 4.57. The average Bonchev–Trinajstić information content (AvgIpc) is 2.71. The van der Waals surface area contributed by atoms with Crippen molar-refractivity contribution in [3.05, 3.63) is 29.8 Å². The Morgan fingerprint density at radius 2 is 2.17 bits per heavy atom. The molecule has 6 heteroatoms. The molecule has 18 heavy (non-hydrogen) atoms. The normalized spacial score (nSPS) is 22.4. The van der Waals surface area contributed by atoms with Gasteiger partial charge in [0.25, 0.3) is 0 Å². The summed E-state index contributed by atoms with van der Waals surface area (Å²) in [5, 5.41) is 5.59. The van der Waals surface area contributed by atoms with Gasteiger partial charge in [0.05, 0.1) is 11.1 Å². The minimum absolute atomic E-state index is 0. The molecule has 1 saturated heterocycles. The summed E-state index contributed by atoms with van der Waals surface area (Å²) in [6.07, 6.45) is 0.710. The Kier molecular flexibility index (Phi) is 4.65. The van der Waals surface area contributed by atoms with Gasteiger partial charge in [0.2, 0.25) is 5.91 Å². The van der Waals surface area contributed by atoms with Crippen LogP contribution in [-0.2, 0) is 4.79 Å². The smallest absolute Gasteiger partial charge is 0.231 e. The standard InChI is InChI=1S/C12H14F2N2O.ClH/c1-12(4-5-15-7-12)11(17)16-10-3-2-8(13)6-9(10)14;/h2-3,6,15H,4-5,7H2,1H3,(H,16,17);1H. The summed E-state index contributed by atoms with van der Waals surface area (Å²) in [6, 6.07) is 3.10. The lowest BCUT2D eigenvalue weighted by atomic mass is 9.89. The molecule has 1 fully saturated rings. The van der Waals surface area contributed by atoms with Gasteiger partial charge in [-0.2, -0.15) is 0 Å². The lowest BCUT2D eigenvalue weighted by molar-refractivity contribution is -0.123. The molecule has 1 aliphatic rings. The van der Waals surface area contributed by atoms with Crippen molar-refractivity contribution in [3.8, 4) is 0 Å². The van der Waals surface area contributed by atoms with Crippen LogP contribution in [0.15, 0.2) is 18.2 Å². The van der Waals surface area contributed by atoms with Crippen molar-refractivity contribution >= 4 is 24.0 Å². The fraction of sp³-hybridized carbons (Fsp3) is 0.417. The summed E-state index contributed by atoms with van der Waals surface area (Å²) >= 11 is 0. The minimum atomic E-state index is -0.757. The molecule has 0 aromatic heterocycles. The molecule has 1 unspecified atom stereocenters. The molecule has 3 nitrogen and oxygen atoms in total. The molecule has 2 N–H and O–H groups in total. The second-order valence-corrected chi connectivity index (χ2v) is 4.57. The lowest BCUT2D eigenvalue weighted by Crippen LogP contribution is -2.35. The molecule has 100 valence electrons. The third kappa shape index (κ3) is 2.97. The highest BCUT2D eigenvalue weighted by Crippen LogP contribution is 2.27. The molecular weight excluding hydrogens is 262 g/mol. The molecule has 0 bridgehead atoms. The van der Waals surface area contributed by atoms with Gasteiger partial charge in [-0.05, 0) is 32.0 Å². The molecule has 0 spiro atoms.